The largest absolute Gasteiger partial charge is 0.362 e. The lowest BCUT2D eigenvalue weighted by Crippen LogP contribution is -2.06. The van der Waals surface area contributed by atoms with Gasteiger partial charge in [0.1, 0.15) is 17.0 Å². The molecule has 0 aliphatic rings. The third-order valence-electron chi connectivity index (χ3n) is 2.62. The second-order valence-electron chi connectivity index (χ2n) is 3.87. The zero-order valence-electron chi connectivity index (χ0n) is 9.55. The molecule has 3 aromatic heterocycles. The minimum atomic E-state index is 0.252. The van der Waals surface area contributed by atoms with Crippen LogP contribution in [0.15, 0.2) is 33.7 Å². The predicted octanol–water partition coefficient (Wildman–Crippen LogP) is 4.69. The third kappa shape index (κ3) is 2.28. The van der Waals surface area contributed by atoms with Crippen molar-refractivity contribution in [3.8, 4) is 0 Å². The zero-order valence-corrected chi connectivity index (χ0v) is 12.8. The van der Waals surface area contributed by atoms with Crippen molar-refractivity contribution in [1.82, 2.24) is 9.97 Å². The summed E-state index contributed by atoms with van der Waals surface area (Å²) in [5, 5.41) is 6.60. The lowest BCUT2D eigenvalue weighted by atomic mass is 10.2. The minimum Gasteiger partial charge on any atom is -0.362 e. The molecule has 0 aliphatic carbocycles. The second-order valence-corrected chi connectivity index (χ2v) is 7.26. The average molecular weight is 340 g/mol. The van der Waals surface area contributed by atoms with Crippen LogP contribution in [-0.4, -0.2) is 9.97 Å². The van der Waals surface area contributed by atoms with Crippen molar-refractivity contribution < 1.29 is 0 Å². The summed E-state index contributed by atoms with van der Waals surface area (Å²) in [6, 6.07) is 6.50. The monoisotopic (exact) mass is 339 g/mol. The Morgan fingerprint density at radius 2 is 2.28 bits per heavy atom. The molecule has 3 rings (SSSR count). The van der Waals surface area contributed by atoms with Crippen molar-refractivity contribution in [2.75, 3.05) is 5.32 Å². The second kappa shape index (κ2) is 4.95. The van der Waals surface area contributed by atoms with E-state index in [0.29, 0.717) is 0 Å². The van der Waals surface area contributed by atoms with Crippen molar-refractivity contribution >= 4 is 54.6 Å². The molecular weight excluding hydrogens is 330 g/mol. The highest BCUT2D eigenvalue weighted by Crippen LogP contribution is 2.33. The molecule has 0 saturated heterocycles. The summed E-state index contributed by atoms with van der Waals surface area (Å²) in [4.78, 5) is 10.9. The van der Waals surface area contributed by atoms with Gasteiger partial charge in [-0.25, -0.2) is 9.97 Å². The maximum Gasteiger partial charge on any atom is 0.138 e. The molecule has 0 aromatic carbocycles. The van der Waals surface area contributed by atoms with Gasteiger partial charge in [0.05, 0.1) is 15.2 Å². The highest BCUT2D eigenvalue weighted by atomic mass is 79.9. The van der Waals surface area contributed by atoms with Crippen LogP contribution < -0.4 is 5.32 Å². The van der Waals surface area contributed by atoms with E-state index in [9.17, 15) is 0 Å². The quantitative estimate of drug-likeness (QED) is 0.752. The first-order valence-electron chi connectivity index (χ1n) is 5.44. The number of thiophene rings is 2. The van der Waals surface area contributed by atoms with Crippen LogP contribution >= 0.6 is 38.6 Å². The van der Waals surface area contributed by atoms with Crippen LogP contribution in [-0.2, 0) is 0 Å². The Bertz CT molecular complexity index is 663. The summed E-state index contributed by atoms with van der Waals surface area (Å²) in [5.74, 6) is 0.892. The molecule has 0 amide bonds. The minimum absolute atomic E-state index is 0.252. The van der Waals surface area contributed by atoms with Crippen molar-refractivity contribution in [3.63, 3.8) is 0 Å². The standard InChI is InChI=1S/C12H10BrN3S2/c1-7(9-3-2-4-17-9)16-11-8-5-10(13)18-12(8)15-6-14-11/h2-7H,1H3,(H,14,15,16)/t7-/m1/s1. The van der Waals surface area contributed by atoms with Crippen LogP contribution in [0.1, 0.15) is 17.8 Å². The van der Waals surface area contributed by atoms with E-state index < -0.39 is 0 Å². The number of aromatic nitrogens is 2. The molecule has 0 radical (unpaired) electrons. The van der Waals surface area contributed by atoms with E-state index in [2.05, 4.69) is 61.7 Å². The molecule has 1 N–H and O–H groups in total. The molecule has 0 saturated carbocycles. The lowest BCUT2D eigenvalue weighted by Gasteiger charge is -2.13. The predicted molar refractivity (Wildman–Crippen MR) is 81.5 cm³/mol. The molecule has 0 bridgehead atoms. The van der Waals surface area contributed by atoms with Crippen LogP contribution in [0.5, 0.6) is 0 Å². The number of halogens is 1. The summed E-state index contributed by atoms with van der Waals surface area (Å²) in [6.07, 6.45) is 1.61. The van der Waals surface area contributed by atoms with Gasteiger partial charge in [0, 0.05) is 4.88 Å². The maximum absolute atomic E-state index is 4.34. The Morgan fingerprint density at radius 1 is 1.39 bits per heavy atom. The van der Waals surface area contributed by atoms with Crippen molar-refractivity contribution in [1.29, 1.82) is 0 Å². The number of nitrogens with zero attached hydrogens (tertiary/aromatic N) is 2. The van der Waals surface area contributed by atoms with Gasteiger partial charge in [0.15, 0.2) is 0 Å². The Hall–Kier alpha value is -0.980. The summed E-state index contributed by atoms with van der Waals surface area (Å²) in [6.45, 7) is 2.14. The number of hydrogen-bond acceptors (Lipinski definition) is 5. The molecule has 3 heterocycles. The Labute approximate surface area is 121 Å². The van der Waals surface area contributed by atoms with Gasteiger partial charge in [0.2, 0.25) is 0 Å². The topological polar surface area (TPSA) is 37.8 Å². The normalized spacial score (nSPS) is 12.8. The summed E-state index contributed by atoms with van der Waals surface area (Å²) < 4.78 is 1.07. The van der Waals surface area contributed by atoms with E-state index in [1.165, 1.54) is 4.88 Å². The highest BCUT2D eigenvalue weighted by Gasteiger charge is 2.11. The Balaban J connectivity index is 1.95. The lowest BCUT2D eigenvalue weighted by molar-refractivity contribution is 0.898. The van der Waals surface area contributed by atoms with E-state index in [1.807, 2.05) is 0 Å². The molecular formula is C12H10BrN3S2. The molecule has 92 valence electrons. The molecule has 1 atom stereocenters. The Kier molecular flexibility index (Phi) is 3.32. The van der Waals surface area contributed by atoms with E-state index in [-0.39, 0.29) is 6.04 Å². The van der Waals surface area contributed by atoms with E-state index in [0.717, 1.165) is 19.8 Å². The van der Waals surface area contributed by atoms with E-state index >= 15 is 0 Å². The number of nitrogens with one attached hydrogen (secondary N) is 1. The SMILES string of the molecule is C[C@@H](Nc1ncnc2sc(Br)cc12)c1cccs1. The van der Waals surface area contributed by atoms with Gasteiger partial charge >= 0.3 is 0 Å². The number of hydrogen-bond donors (Lipinski definition) is 1. The molecule has 0 unspecified atom stereocenters. The fourth-order valence-electron chi connectivity index (χ4n) is 1.76. The molecule has 0 fully saturated rings. The van der Waals surface area contributed by atoms with Crippen LogP contribution in [0.2, 0.25) is 0 Å². The van der Waals surface area contributed by atoms with Gasteiger partial charge in [-0.15, -0.1) is 22.7 Å². The molecule has 3 nitrogen and oxygen atoms in total. The van der Waals surface area contributed by atoms with Crippen LogP contribution in [0.4, 0.5) is 5.82 Å². The first kappa shape index (κ1) is 12.1. The average Bonchev–Trinajstić information content (AvgIpc) is 2.96. The van der Waals surface area contributed by atoms with Crippen LogP contribution in [0.3, 0.4) is 0 Å². The highest BCUT2D eigenvalue weighted by molar-refractivity contribution is 9.11. The van der Waals surface area contributed by atoms with Gasteiger partial charge < -0.3 is 5.32 Å². The van der Waals surface area contributed by atoms with Gasteiger partial charge in [0.25, 0.3) is 0 Å². The van der Waals surface area contributed by atoms with Crippen LogP contribution in [0.25, 0.3) is 10.2 Å². The number of anilines is 1. The first-order valence-corrected chi connectivity index (χ1v) is 7.93. The summed E-state index contributed by atoms with van der Waals surface area (Å²) in [7, 11) is 0. The molecule has 0 aliphatic heterocycles. The van der Waals surface area contributed by atoms with Gasteiger partial charge in [-0.05, 0) is 40.4 Å². The maximum atomic E-state index is 4.34. The van der Waals surface area contributed by atoms with Crippen molar-refractivity contribution in [2.45, 2.75) is 13.0 Å². The number of fused-ring (bicyclic) bond motifs is 1. The zero-order chi connectivity index (χ0) is 12.5. The van der Waals surface area contributed by atoms with E-state index in [4.69, 9.17) is 0 Å². The fourth-order valence-corrected chi connectivity index (χ4v) is 3.91. The molecule has 6 heteroatoms. The molecule has 3 aromatic rings. The first-order chi connectivity index (χ1) is 8.74. The smallest absolute Gasteiger partial charge is 0.138 e. The molecule has 18 heavy (non-hydrogen) atoms. The van der Waals surface area contributed by atoms with Gasteiger partial charge in [-0.1, -0.05) is 6.07 Å². The van der Waals surface area contributed by atoms with E-state index in [1.54, 1.807) is 29.0 Å². The third-order valence-corrected chi connectivity index (χ3v) is 5.22. The molecule has 0 spiro atoms. The number of rotatable bonds is 3. The fraction of sp³-hybridized carbons (Fsp3) is 0.167. The van der Waals surface area contributed by atoms with Crippen LogP contribution in [0, 0.1) is 0 Å². The van der Waals surface area contributed by atoms with Crippen molar-refractivity contribution in [3.05, 3.63) is 38.6 Å². The van der Waals surface area contributed by atoms with Crippen molar-refractivity contribution in [2.24, 2.45) is 0 Å². The van der Waals surface area contributed by atoms with Gasteiger partial charge in [-0.2, -0.15) is 0 Å². The summed E-state index contributed by atoms with van der Waals surface area (Å²) >= 11 is 6.86. The van der Waals surface area contributed by atoms with Gasteiger partial charge in [-0.3, -0.25) is 0 Å². The Morgan fingerprint density at radius 3 is 3.06 bits per heavy atom. The summed E-state index contributed by atoms with van der Waals surface area (Å²) in [5.41, 5.74) is 0.